The van der Waals surface area contributed by atoms with Crippen molar-refractivity contribution in [2.24, 2.45) is 0 Å². The third kappa shape index (κ3) is 8.95. The first-order valence-electron chi connectivity index (χ1n) is 4.24. The summed E-state index contributed by atoms with van der Waals surface area (Å²) in [4.78, 5) is 10.3. The predicted octanol–water partition coefficient (Wildman–Crippen LogP) is 2.81. The van der Waals surface area contributed by atoms with Gasteiger partial charge in [0.15, 0.2) is 0 Å². The lowest BCUT2D eigenvalue weighted by Gasteiger charge is -1.89. The van der Waals surface area contributed by atoms with Crippen molar-refractivity contribution in [1.29, 1.82) is 0 Å². The minimum Gasteiger partial charge on any atom is -0.435 e. The third-order valence-corrected chi connectivity index (χ3v) is 1.23. The first-order valence-corrected chi connectivity index (χ1v) is 4.24. The van der Waals surface area contributed by atoms with E-state index in [2.05, 4.69) is 23.8 Å². The molecule has 0 saturated heterocycles. The van der Waals surface area contributed by atoms with Gasteiger partial charge in [0.25, 0.3) is 0 Å². The highest BCUT2D eigenvalue weighted by molar-refractivity contribution is 5.66. The van der Waals surface area contributed by atoms with Gasteiger partial charge in [-0.1, -0.05) is 19.1 Å². The average Bonchev–Trinajstić information content (AvgIpc) is 2.02. The standard InChI is InChI=1S/C10H16O2/c1-3-4-5-6-7-8-9-12-10(2)11/h4-5,8-9H,3,6-7H2,1-2H3. The molecule has 0 N–H and O–H groups in total. The van der Waals surface area contributed by atoms with Gasteiger partial charge >= 0.3 is 5.97 Å². The Morgan fingerprint density at radius 3 is 2.50 bits per heavy atom. The van der Waals surface area contributed by atoms with Crippen LogP contribution >= 0.6 is 0 Å². The van der Waals surface area contributed by atoms with E-state index in [-0.39, 0.29) is 5.97 Å². The quantitative estimate of drug-likeness (QED) is 0.273. The number of hydrogen-bond donors (Lipinski definition) is 0. The number of rotatable bonds is 5. The minimum atomic E-state index is -0.268. The molecular formula is C10H16O2. The lowest BCUT2D eigenvalue weighted by atomic mass is 10.3. The number of ether oxygens (including phenoxy) is 1. The summed E-state index contributed by atoms with van der Waals surface area (Å²) in [6.45, 7) is 3.49. The van der Waals surface area contributed by atoms with Gasteiger partial charge in [0, 0.05) is 6.92 Å². The summed E-state index contributed by atoms with van der Waals surface area (Å²) in [5.41, 5.74) is 0. The molecule has 0 rings (SSSR count). The van der Waals surface area contributed by atoms with Crippen molar-refractivity contribution in [1.82, 2.24) is 0 Å². The smallest absolute Gasteiger partial charge is 0.307 e. The van der Waals surface area contributed by atoms with Gasteiger partial charge in [-0.25, -0.2) is 0 Å². The molecule has 0 spiro atoms. The maximum atomic E-state index is 10.3. The Kier molecular flexibility index (Phi) is 7.35. The SMILES string of the molecule is CCC=CCCC=COC(C)=O. The van der Waals surface area contributed by atoms with Crippen LogP contribution in [0.25, 0.3) is 0 Å². The second kappa shape index (κ2) is 8.05. The lowest BCUT2D eigenvalue weighted by molar-refractivity contribution is -0.135. The van der Waals surface area contributed by atoms with Crippen molar-refractivity contribution in [3.8, 4) is 0 Å². The van der Waals surface area contributed by atoms with Crippen molar-refractivity contribution in [3.05, 3.63) is 24.5 Å². The molecule has 0 atom stereocenters. The Balaban J connectivity index is 3.24. The fraction of sp³-hybridized carbons (Fsp3) is 0.500. The fourth-order valence-electron chi connectivity index (χ4n) is 0.689. The second-order valence-corrected chi connectivity index (χ2v) is 2.44. The van der Waals surface area contributed by atoms with Crippen LogP contribution in [0.3, 0.4) is 0 Å². The molecule has 0 aromatic rings. The average molecular weight is 168 g/mol. The maximum absolute atomic E-state index is 10.3. The summed E-state index contributed by atoms with van der Waals surface area (Å²) in [5.74, 6) is -0.268. The van der Waals surface area contributed by atoms with Crippen LogP contribution in [0.2, 0.25) is 0 Å². The third-order valence-electron chi connectivity index (χ3n) is 1.23. The summed E-state index contributed by atoms with van der Waals surface area (Å²) >= 11 is 0. The molecule has 0 heterocycles. The zero-order valence-electron chi connectivity index (χ0n) is 7.75. The van der Waals surface area contributed by atoms with Crippen molar-refractivity contribution >= 4 is 5.97 Å². The first kappa shape index (κ1) is 11.0. The molecule has 0 radical (unpaired) electrons. The van der Waals surface area contributed by atoms with Crippen molar-refractivity contribution < 1.29 is 9.53 Å². The highest BCUT2D eigenvalue weighted by Crippen LogP contribution is 1.94. The summed E-state index contributed by atoms with van der Waals surface area (Å²) in [6, 6.07) is 0. The Morgan fingerprint density at radius 1 is 1.25 bits per heavy atom. The molecule has 0 aliphatic rings. The van der Waals surface area contributed by atoms with E-state index in [1.165, 1.54) is 13.2 Å². The molecule has 2 heteroatoms. The number of carbonyl (C=O) groups excluding carboxylic acids is 1. The summed E-state index contributed by atoms with van der Waals surface area (Å²) in [5, 5.41) is 0. The largest absolute Gasteiger partial charge is 0.435 e. The Labute approximate surface area is 73.9 Å². The molecular weight excluding hydrogens is 152 g/mol. The summed E-state index contributed by atoms with van der Waals surface area (Å²) < 4.78 is 4.60. The summed E-state index contributed by atoms with van der Waals surface area (Å²) in [7, 11) is 0. The molecule has 0 fully saturated rings. The van der Waals surface area contributed by atoms with E-state index in [4.69, 9.17) is 0 Å². The van der Waals surface area contributed by atoms with Crippen LogP contribution in [-0.2, 0) is 9.53 Å². The van der Waals surface area contributed by atoms with Crippen LogP contribution < -0.4 is 0 Å². The van der Waals surface area contributed by atoms with Crippen LogP contribution in [0.15, 0.2) is 24.5 Å². The molecule has 0 amide bonds. The molecule has 0 aliphatic carbocycles. The predicted molar refractivity (Wildman–Crippen MR) is 49.6 cm³/mol. The Morgan fingerprint density at radius 2 is 1.92 bits per heavy atom. The monoisotopic (exact) mass is 168 g/mol. The number of carbonyl (C=O) groups is 1. The van der Waals surface area contributed by atoms with Gasteiger partial charge in [0.2, 0.25) is 0 Å². The Hall–Kier alpha value is -1.05. The van der Waals surface area contributed by atoms with Gasteiger partial charge in [-0.15, -0.1) is 0 Å². The van der Waals surface area contributed by atoms with Gasteiger partial charge in [0.05, 0.1) is 6.26 Å². The van der Waals surface area contributed by atoms with Crippen molar-refractivity contribution in [3.63, 3.8) is 0 Å². The number of esters is 1. The van der Waals surface area contributed by atoms with E-state index in [0.29, 0.717) is 0 Å². The van der Waals surface area contributed by atoms with Gasteiger partial charge in [0.1, 0.15) is 0 Å². The Bertz CT molecular complexity index is 169. The molecule has 0 aromatic carbocycles. The van der Waals surface area contributed by atoms with Gasteiger partial charge in [-0.05, 0) is 25.3 Å². The van der Waals surface area contributed by atoms with Gasteiger partial charge in [-0.3, -0.25) is 4.79 Å². The van der Waals surface area contributed by atoms with E-state index >= 15 is 0 Å². The lowest BCUT2D eigenvalue weighted by Crippen LogP contribution is -1.88. The summed E-state index contributed by atoms with van der Waals surface area (Å²) in [6.07, 6.45) is 10.5. The molecule has 0 saturated carbocycles. The van der Waals surface area contributed by atoms with Crippen LogP contribution in [0.1, 0.15) is 33.1 Å². The maximum Gasteiger partial charge on any atom is 0.307 e. The zero-order valence-corrected chi connectivity index (χ0v) is 7.75. The normalized spacial score (nSPS) is 11.2. The molecule has 0 bridgehead atoms. The number of unbranched alkanes of at least 4 members (excludes halogenated alkanes) is 1. The minimum absolute atomic E-state index is 0.268. The van der Waals surface area contributed by atoms with E-state index < -0.39 is 0 Å². The van der Waals surface area contributed by atoms with Crippen LogP contribution in [-0.4, -0.2) is 5.97 Å². The van der Waals surface area contributed by atoms with E-state index in [1.54, 1.807) is 0 Å². The van der Waals surface area contributed by atoms with Crippen molar-refractivity contribution in [2.75, 3.05) is 0 Å². The topological polar surface area (TPSA) is 26.3 Å². The van der Waals surface area contributed by atoms with Crippen LogP contribution in [0.5, 0.6) is 0 Å². The highest BCUT2D eigenvalue weighted by atomic mass is 16.5. The molecule has 2 nitrogen and oxygen atoms in total. The first-order chi connectivity index (χ1) is 5.77. The van der Waals surface area contributed by atoms with Crippen LogP contribution in [0.4, 0.5) is 0 Å². The molecule has 68 valence electrons. The highest BCUT2D eigenvalue weighted by Gasteiger charge is 1.83. The van der Waals surface area contributed by atoms with E-state index in [1.807, 2.05) is 6.08 Å². The molecule has 0 aromatic heterocycles. The van der Waals surface area contributed by atoms with Crippen LogP contribution in [0, 0.1) is 0 Å². The van der Waals surface area contributed by atoms with E-state index in [0.717, 1.165) is 19.3 Å². The molecule has 12 heavy (non-hydrogen) atoms. The number of hydrogen-bond acceptors (Lipinski definition) is 2. The fourth-order valence-corrected chi connectivity index (χ4v) is 0.689. The zero-order chi connectivity index (χ0) is 9.23. The number of allylic oxidation sites excluding steroid dienone is 3. The van der Waals surface area contributed by atoms with Gasteiger partial charge < -0.3 is 4.74 Å². The molecule has 0 aliphatic heterocycles. The van der Waals surface area contributed by atoms with E-state index in [9.17, 15) is 4.79 Å². The van der Waals surface area contributed by atoms with Crippen molar-refractivity contribution in [2.45, 2.75) is 33.1 Å². The molecule has 0 unspecified atom stereocenters. The van der Waals surface area contributed by atoms with Gasteiger partial charge in [-0.2, -0.15) is 0 Å². The second-order valence-electron chi connectivity index (χ2n) is 2.44.